The van der Waals surface area contributed by atoms with Crippen LogP contribution >= 0.6 is 0 Å². The summed E-state index contributed by atoms with van der Waals surface area (Å²) in [7, 11) is 0. The molecular weight excluding hydrogens is 376 g/mol. The summed E-state index contributed by atoms with van der Waals surface area (Å²) < 4.78 is 0. The summed E-state index contributed by atoms with van der Waals surface area (Å²) in [5, 5.41) is 57.4. The molecule has 0 fully saturated rings. The lowest BCUT2D eigenvalue weighted by atomic mass is 10.1. The number of nitro benzene ring substituents is 2. The van der Waals surface area contributed by atoms with E-state index >= 15 is 0 Å². The molecule has 0 heterocycles. The third-order valence-corrected chi connectivity index (χ3v) is 3.57. The molecule has 0 unspecified atom stereocenters. The zero-order valence-corrected chi connectivity index (χ0v) is 14.6. The van der Waals surface area contributed by atoms with Gasteiger partial charge >= 0.3 is 0 Å². The predicted molar refractivity (Wildman–Crippen MR) is 98.4 cm³/mol. The Kier molecular flexibility index (Phi) is 7.91. The Morgan fingerprint density at radius 1 is 0.679 bits per heavy atom. The molecule has 0 aliphatic rings. The average Bonchev–Trinajstić information content (AvgIpc) is 2.61. The van der Waals surface area contributed by atoms with Crippen molar-refractivity contribution in [1.29, 1.82) is 0 Å². The summed E-state index contributed by atoms with van der Waals surface area (Å²) in [6, 6.07) is 4.14. The molecule has 12 heteroatoms. The molecule has 0 aliphatic carbocycles. The van der Waals surface area contributed by atoms with Gasteiger partial charge in [-0.2, -0.15) is 0 Å². The van der Waals surface area contributed by atoms with Crippen molar-refractivity contribution < 1.29 is 30.3 Å². The fourth-order valence-corrected chi connectivity index (χ4v) is 2.27. The predicted octanol–water partition coefficient (Wildman–Crippen LogP) is 1.01. The van der Waals surface area contributed by atoms with E-state index < -0.39 is 21.3 Å². The van der Waals surface area contributed by atoms with Crippen LogP contribution in [0.5, 0.6) is 23.0 Å². The van der Waals surface area contributed by atoms with Crippen LogP contribution in [0.15, 0.2) is 24.3 Å². The number of aromatic hydroxyl groups is 4. The van der Waals surface area contributed by atoms with Gasteiger partial charge in [-0.1, -0.05) is 0 Å². The molecule has 12 nitrogen and oxygen atoms in total. The van der Waals surface area contributed by atoms with E-state index in [1.54, 1.807) is 0 Å². The molecule has 2 aromatic carbocycles. The SMILES string of the molecule is NCCc1cc(O)c(O)cc1[N+](=O)[O-].NCCc1cc(O)c(O)cc1[N+](=O)[O-]. The van der Waals surface area contributed by atoms with E-state index in [0.29, 0.717) is 11.1 Å². The number of nitro groups is 2. The summed E-state index contributed by atoms with van der Waals surface area (Å²) in [5.74, 6) is -1.76. The van der Waals surface area contributed by atoms with Crippen molar-refractivity contribution in [1.82, 2.24) is 0 Å². The first-order valence-corrected chi connectivity index (χ1v) is 7.90. The number of nitrogens with two attached hydrogens (primary N) is 2. The molecule has 0 spiro atoms. The normalized spacial score (nSPS) is 10.1. The van der Waals surface area contributed by atoms with E-state index in [2.05, 4.69) is 0 Å². The number of nitrogens with zero attached hydrogens (tertiary/aromatic N) is 2. The molecule has 0 aliphatic heterocycles. The fraction of sp³-hybridized carbons (Fsp3) is 0.250. The van der Waals surface area contributed by atoms with E-state index in [-0.39, 0.29) is 48.8 Å². The topological polar surface area (TPSA) is 219 Å². The van der Waals surface area contributed by atoms with Crippen molar-refractivity contribution in [2.45, 2.75) is 12.8 Å². The smallest absolute Gasteiger partial charge is 0.276 e. The van der Waals surface area contributed by atoms with Gasteiger partial charge in [0.1, 0.15) is 0 Å². The first-order chi connectivity index (χ1) is 13.1. The number of rotatable bonds is 6. The van der Waals surface area contributed by atoms with Crippen LogP contribution in [0.25, 0.3) is 0 Å². The maximum atomic E-state index is 10.5. The first kappa shape index (κ1) is 22.4. The van der Waals surface area contributed by atoms with Gasteiger partial charge in [-0.15, -0.1) is 0 Å². The number of benzene rings is 2. The second-order valence-electron chi connectivity index (χ2n) is 5.53. The largest absolute Gasteiger partial charge is 0.504 e. The van der Waals surface area contributed by atoms with Gasteiger partial charge in [-0.3, -0.25) is 20.2 Å². The minimum absolute atomic E-state index is 0.231. The van der Waals surface area contributed by atoms with Crippen LogP contribution in [0.3, 0.4) is 0 Å². The summed E-state index contributed by atoms with van der Waals surface area (Å²) in [6.45, 7) is 0.482. The highest BCUT2D eigenvalue weighted by atomic mass is 16.6. The Balaban J connectivity index is 0.000000280. The van der Waals surface area contributed by atoms with Crippen molar-refractivity contribution in [2.75, 3.05) is 13.1 Å². The Morgan fingerprint density at radius 3 is 1.21 bits per heavy atom. The van der Waals surface area contributed by atoms with Gasteiger partial charge in [0, 0.05) is 11.1 Å². The highest BCUT2D eigenvalue weighted by Crippen LogP contribution is 2.33. The zero-order valence-electron chi connectivity index (χ0n) is 14.6. The van der Waals surface area contributed by atoms with Gasteiger partial charge in [0.2, 0.25) is 0 Å². The summed E-state index contributed by atoms with van der Waals surface area (Å²) in [6.07, 6.45) is 0.564. The van der Waals surface area contributed by atoms with Gasteiger partial charge < -0.3 is 31.9 Å². The van der Waals surface area contributed by atoms with Crippen molar-refractivity contribution in [3.63, 3.8) is 0 Å². The molecule has 8 N–H and O–H groups in total. The van der Waals surface area contributed by atoms with Crippen molar-refractivity contribution in [3.8, 4) is 23.0 Å². The monoisotopic (exact) mass is 396 g/mol. The minimum Gasteiger partial charge on any atom is -0.504 e. The molecular formula is C16H20N4O8. The van der Waals surface area contributed by atoms with Gasteiger partial charge in [-0.05, 0) is 38.1 Å². The molecule has 0 saturated carbocycles. The Labute approximate surface area is 158 Å². The van der Waals surface area contributed by atoms with E-state index in [1.165, 1.54) is 0 Å². The Bertz CT molecular complexity index is 801. The number of phenolic OH excluding ortho intramolecular Hbond substituents is 4. The summed E-state index contributed by atoms with van der Waals surface area (Å²) >= 11 is 0. The second kappa shape index (κ2) is 9.89. The lowest BCUT2D eigenvalue weighted by molar-refractivity contribution is -0.385. The third-order valence-electron chi connectivity index (χ3n) is 3.57. The lowest BCUT2D eigenvalue weighted by Crippen LogP contribution is -2.05. The molecule has 2 rings (SSSR count). The first-order valence-electron chi connectivity index (χ1n) is 7.90. The maximum absolute atomic E-state index is 10.5. The van der Waals surface area contributed by atoms with Gasteiger partial charge in [-0.25, -0.2) is 0 Å². The van der Waals surface area contributed by atoms with Crippen LogP contribution in [0.1, 0.15) is 11.1 Å². The van der Waals surface area contributed by atoms with Crippen LogP contribution in [0.4, 0.5) is 11.4 Å². The molecule has 0 bridgehead atoms. The minimum atomic E-state index is -0.621. The second-order valence-corrected chi connectivity index (χ2v) is 5.53. The number of hydrogen-bond acceptors (Lipinski definition) is 10. The standard InChI is InChI=1S/2C8H10N2O4/c2*9-2-1-5-3-7(11)8(12)4-6(5)10(13)14/h2*3-4,11-12H,1-2,9H2. The quantitative estimate of drug-likeness (QED) is 0.231. The number of phenols is 4. The zero-order chi connectivity index (χ0) is 21.4. The van der Waals surface area contributed by atoms with E-state index in [0.717, 1.165) is 24.3 Å². The molecule has 0 aromatic heterocycles. The Hall–Kier alpha value is -3.64. The molecule has 0 radical (unpaired) electrons. The highest BCUT2D eigenvalue weighted by Gasteiger charge is 2.17. The molecule has 0 amide bonds. The van der Waals surface area contributed by atoms with Crippen LogP contribution < -0.4 is 11.5 Å². The van der Waals surface area contributed by atoms with Crippen molar-refractivity contribution in [2.24, 2.45) is 11.5 Å². The molecule has 0 atom stereocenters. The maximum Gasteiger partial charge on any atom is 0.276 e. The van der Waals surface area contributed by atoms with Gasteiger partial charge in [0.05, 0.1) is 22.0 Å². The fourth-order valence-electron chi connectivity index (χ4n) is 2.27. The van der Waals surface area contributed by atoms with Crippen LogP contribution in [0, 0.1) is 20.2 Å². The van der Waals surface area contributed by atoms with Gasteiger partial charge in [0.25, 0.3) is 11.4 Å². The Morgan fingerprint density at radius 2 is 0.964 bits per heavy atom. The third kappa shape index (κ3) is 5.69. The molecule has 0 saturated heterocycles. The van der Waals surface area contributed by atoms with Crippen LogP contribution in [-0.4, -0.2) is 43.4 Å². The van der Waals surface area contributed by atoms with E-state index in [9.17, 15) is 20.2 Å². The average molecular weight is 396 g/mol. The van der Waals surface area contributed by atoms with Crippen molar-refractivity contribution in [3.05, 3.63) is 55.6 Å². The highest BCUT2D eigenvalue weighted by molar-refractivity contribution is 5.53. The lowest BCUT2D eigenvalue weighted by Gasteiger charge is -2.03. The van der Waals surface area contributed by atoms with Crippen molar-refractivity contribution >= 4 is 11.4 Å². The van der Waals surface area contributed by atoms with Gasteiger partial charge in [0.15, 0.2) is 23.0 Å². The summed E-state index contributed by atoms with van der Waals surface area (Å²) in [4.78, 5) is 19.8. The molecule has 152 valence electrons. The molecule has 2 aromatic rings. The summed E-state index contributed by atoms with van der Waals surface area (Å²) in [5.41, 5.74) is 10.7. The molecule has 28 heavy (non-hydrogen) atoms. The van der Waals surface area contributed by atoms with Crippen LogP contribution in [-0.2, 0) is 12.8 Å². The van der Waals surface area contributed by atoms with E-state index in [4.69, 9.17) is 31.9 Å². The number of hydrogen-bond donors (Lipinski definition) is 6. The van der Waals surface area contributed by atoms with Crippen LogP contribution in [0.2, 0.25) is 0 Å². The van der Waals surface area contributed by atoms with E-state index in [1.807, 2.05) is 0 Å².